The standard InChI is InChI=1S/C21H31NO3S/c1-6-8-13-25-20(24)17-14-26-18(7-2)22(17)19(23)15-9-11-16(12-10-15)21(3,4)5/h9-12,17-18H,6-8,13-14H2,1-5H3. The molecule has 0 bridgehead atoms. The molecule has 0 saturated carbocycles. The number of carbonyl (C=O) groups excluding carboxylic acids is 2. The molecule has 0 N–H and O–H groups in total. The molecule has 0 aromatic heterocycles. The summed E-state index contributed by atoms with van der Waals surface area (Å²) in [4.78, 5) is 27.3. The summed E-state index contributed by atoms with van der Waals surface area (Å²) in [7, 11) is 0. The van der Waals surface area contributed by atoms with Crippen LogP contribution in [0.5, 0.6) is 0 Å². The van der Waals surface area contributed by atoms with Crippen LogP contribution in [-0.4, -0.2) is 40.6 Å². The summed E-state index contributed by atoms with van der Waals surface area (Å²) in [5, 5.41) is 0.0218. The molecule has 1 aromatic rings. The topological polar surface area (TPSA) is 46.6 Å². The highest BCUT2D eigenvalue weighted by Gasteiger charge is 2.41. The largest absolute Gasteiger partial charge is 0.464 e. The third kappa shape index (κ3) is 4.81. The van der Waals surface area contributed by atoms with Crippen LogP contribution in [-0.2, 0) is 14.9 Å². The van der Waals surface area contributed by atoms with Gasteiger partial charge in [-0.2, -0.15) is 0 Å². The van der Waals surface area contributed by atoms with Crippen molar-refractivity contribution in [3.05, 3.63) is 35.4 Å². The van der Waals surface area contributed by atoms with Gasteiger partial charge in [0, 0.05) is 11.3 Å². The van der Waals surface area contributed by atoms with Gasteiger partial charge in [0.15, 0.2) is 0 Å². The molecule has 2 unspecified atom stereocenters. The van der Waals surface area contributed by atoms with E-state index in [1.54, 1.807) is 16.7 Å². The molecule has 0 radical (unpaired) electrons. The van der Waals surface area contributed by atoms with Gasteiger partial charge in [0.1, 0.15) is 6.04 Å². The third-order valence-corrected chi connectivity index (χ3v) is 6.14. The fraction of sp³-hybridized carbons (Fsp3) is 0.619. The number of hydrogen-bond donors (Lipinski definition) is 0. The summed E-state index contributed by atoms with van der Waals surface area (Å²) >= 11 is 1.66. The molecule has 1 heterocycles. The number of nitrogens with zero attached hydrogens (tertiary/aromatic N) is 1. The number of thioether (sulfide) groups is 1. The zero-order valence-corrected chi connectivity index (χ0v) is 17.4. The Balaban J connectivity index is 2.18. The monoisotopic (exact) mass is 377 g/mol. The van der Waals surface area contributed by atoms with Crippen LogP contribution in [0.3, 0.4) is 0 Å². The molecule has 144 valence electrons. The molecular weight excluding hydrogens is 346 g/mol. The number of esters is 1. The van der Waals surface area contributed by atoms with Crippen molar-refractivity contribution in [2.24, 2.45) is 0 Å². The van der Waals surface area contributed by atoms with Crippen molar-refractivity contribution < 1.29 is 14.3 Å². The first kappa shape index (κ1) is 20.8. The summed E-state index contributed by atoms with van der Waals surface area (Å²) in [5.74, 6) is 0.247. The Morgan fingerprint density at radius 2 is 1.85 bits per heavy atom. The van der Waals surface area contributed by atoms with Crippen molar-refractivity contribution in [3.63, 3.8) is 0 Å². The van der Waals surface area contributed by atoms with Gasteiger partial charge in [-0.15, -0.1) is 11.8 Å². The molecule has 0 aliphatic carbocycles. The van der Waals surface area contributed by atoms with Crippen LogP contribution in [0.15, 0.2) is 24.3 Å². The van der Waals surface area contributed by atoms with Gasteiger partial charge < -0.3 is 9.64 Å². The Kier molecular flexibility index (Phi) is 7.16. The predicted molar refractivity (Wildman–Crippen MR) is 108 cm³/mol. The molecular formula is C21H31NO3S. The van der Waals surface area contributed by atoms with Crippen molar-refractivity contribution in [1.29, 1.82) is 0 Å². The summed E-state index contributed by atoms with van der Waals surface area (Å²) < 4.78 is 5.39. The number of carbonyl (C=O) groups is 2. The van der Waals surface area contributed by atoms with Crippen LogP contribution in [0.4, 0.5) is 0 Å². The van der Waals surface area contributed by atoms with Crippen LogP contribution in [0.1, 0.15) is 69.8 Å². The summed E-state index contributed by atoms with van der Waals surface area (Å²) in [6.45, 7) is 11.0. The summed E-state index contributed by atoms with van der Waals surface area (Å²) in [6, 6.07) is 7.27. The molecule has 1 fully saturated rings. The maximum atomic E-state index is 13.1. The first-order chi connectivity index (χ1) is 12.3. The van der Waals surface area contributed by atoms with Gasteiger partial charge in [-0.05, 0) is 36.0 Å². The molecule has 1 aliphatic heterocycles. The van der Waals surface area contributed by atoms with E-state index >= 15 is 0 Å². The van der Waals surface area contributed by atoms with E-state index in [2.05, 4.69) is 27.7 Å². The minimum absolute atomic E-state index is 0.0218. The second-order valence-electron chi connectivity index (χ2n) is 7.77. The van der Waals surface area contributed by atoms with E-state index in [-0.39, 0.29) is 22.7 Å². The van der Waals surface area contributed by atoms with Gasteiger partial charge in [-0.1, -0.05) is 53.2 Å². The molecule has 4 nitrogen and oxygen atoms in total. The molecule has 5 heteroatoms. The highest BCUT2D eigenvalue weighted by Crippen LogP contribution is 2.33. The minimum Gasteiger partial charge on any atom is -0.464 e. The number of ether oxygens (including phenoxy) is 1. The third-order valence-electron chi connectivity index (χ3n) is 4.69. The first-order valence-corrected chi connectivity index (χ1v) is 10.6. The van der Waals surface area contributed by atoms with Crippen LogP contribution in [0, 0.1) is 0 Å². The number of benzene rings is 1. The zero-order valence-electron chi connectivity index (χ0n) is 16.6. The van der Waals surface area contributed by atoms with Gasteiger partial charge >= 0.3 is 5.97 Å². The molecule has 2 atom stereocenters. The van der Waals surface area contributed by atoms with Gasteiger partial charge in [0.25, 0.3) is 5.91 Å². The average Bonchev–Trinajstić information content (AvgIpc) is 3.04. The van der Waals surface area contributed by atoms with Crippen LogP contribution in [0.2, 0.25) is 0 Å². The Hall–Kier alpha value is -1.49. The van der Waals surface area contributed by atoms with Crippen molar-refractivity contribution in [2.75, 3.05) is 12.4 Å². The van der Waals surface area contributed by atoms with Gasteiger partial charge in [0.2, 0.25) is 0 Å². The molecule has 1 aromatic carbocycles. The lowest BCUT2D eigenvalue weighted by molar-refractivity contribution is -0.148. The van der Waals surface area contributed by atoms with E-state index in [1.807, 2.05) is 31.2 Å². The second-order valence-corrected chi connectivity index (χ2v) is 8.98. The number of unbranched alkanes of at least 4 members (excludes halogenated alkanes) is 1. The summed E-state index contributed by atoms with van der Waals surface area (Å²) in [6.07, 6.45) is 2.65. The van der Waals surface area contributed by atoms with Crippen molar-refractivity contribution >= 4 is 23.6 Å². The maximum Gasteiger partial charge on any atom is 0.329 e. The number of amides is 1. The molecule has 26 heavy (non-hydrogen) atoms. The fourth-order valence-corrected chi connectivity index (χ4v) is 4.35. The van der Waals surface area contributed by atoms with Crippen LogP contribution in [0.25, 0.3) is 0 Å². The lowest BCUT2D eigenvalue weighted by Crippen LogP contribution is -2.46. The highest BCUT2D eigenvalue weighted by molar-refractivity contribution is 8.00. The predicted octanol–water partition coefficient (Wildman–Crippen LogP) is 4.62. The second kappa shape index (κ2) is 8.94. The van der Waals surface area contributed by atoms with Crippen molar-refractivity contribution in [3.8, 4) is 0 Å². The Morgan fingerprint density at radius 3 is 2.38 bits per heavy atom. The normalized spacial score (nSPS) is 20.3. The lowest BCUT2D eigenvalue weighted by Gasteiger charge is -2.28. The van der Waals surface area contributed by atoms with Gasteiger partial charge in [-0.25, -0.2) is 4.79 Å². The maximum absolute atomic E-state index is 13.1. The van der Waals surface area contributed by atoms with E-state index in [0.29, 0.717) is 17.9 Å². The first-order valence-electron chi connectivity index (χ1n) is 9.51. The van der Waals surface area contributed by atoms with E-state index in [9.17, 15) is 9.59 Å². The average molecular weight is 378 g/mol. The van der Waals surface area contributed by atoms with E-state index in [0.717, 1.165) is 19.3 Å². The smallest absolute Gasteiger partial charge is 0.329 e. The molecule has 1 amide bonds. The van der Waals surface area contributed by atoms with Crippen molar-refractivity contribution in [1.82, 2.24) is 4.90 Å². The zero-order chi connectivity index (χ0) is 19.3. The van der Waals surface area contributed by atoms with Crippen molar-refractivity contribution in [2.45, 2.75) is 70.7 Å². The van der Waals surface area contributed by atoms with Crippen LogP contribution < -0.4 is 0 Å². The Morgan fingerprint density at radius 1 is 1.19 bits per heavy atom. The molecule has 1 aliphatic rings. The number of hydrogen-bond acceptors (Lipinski definition) is 4. The Bertz CT molecular complexity index is 621. The van der Waals surface area contributed by atoms with E-state index in [1.165, 1.54) is 5.56 Å². The lowest BCUT2D eigenvalue weighted by atomic mass is 9.86. The molecule has 0 spiro atoms. The summed E-state index contributed by atoms with van der Waals surface area (Å²) in [5.41, 5.74) is 1.86. The van der Waals surface area contributed by atoms with E-state index in [4.69, 9.17) is 4.74 Å². The Labute approximate surface area is 161 Å². The highest BCUT2D eigenvalue weighted by atomic mass is 32.2. The SMILES string of the molecule is CCCCOC(=O)C1CSC(CC)N1C(=O)c1ccc(C(C)(C)C)cc1. The minimum atomic E-state index is -0.489. The number of rotatable bonds is 6. The molecule has 2 rings (SSSR count). The van der Waals surface area contributed by atoms with Gasteiger partial charge in [0.05, 0.1) is 12.0 Å². The fourth-order valence-electron chi connectivity index (χ4n) is 3.01. The molecule has 1 saturated heterocycles. The quantitative estimate of drug-likeness (QED) is 0.536. The van der Waals surface area contributed by atoms with Crippen LogP contribution >= 0.6 is 11.8 Å². The van der Waals surface area contributed by atoms with Gasteiger partial charge in [-0.3, -0.25) is 4.79 Å². The van der Waals surface area contributed by atoms with E-state index < -0.39 is 6.04 Å².